The van der Waals surface area contributed by atoms with Crippen molar-refractivity contribution in [2.75, 3.05) is 32.5 Å². The van der Waals surface area contributed by atoms with Crippen LogP contribution < -0.4 is 10.6 Å². The summed E-state index contributed by atoms with van der Waals surface area (Å²) in [7, 11) is 4.02. The molecule has 0 fully saturated rings. The Morgan fingerprint density at radius 2 is 1.88 bits per heavy atom. The van der Waals surface area contributed by atoms with Crippen LogP contribution in [0.2, 0.25) is 0 Å². The zero-order chi connectivity index (χ0) is 18.4. The van der Waals surface area contributed by atoms with Crippen molar-refractivity contribution in [3.05, 3.63) is 54.0 Å². The average molecular weight is 343 g/mol. The normalized spacial score (nSPS) is 11.4. The smallest absolute Gasteiger partial charge is 0.291 e. The van der Waals surface area contributed by atoms with E-state index in [1.54, 1.807) is 36.4 Å². The Morgan fingerprint density at radius 1 is 1.12 bits per heavy atom. The molecule has 2 aromatic rings. The monoisotopic (exact) mass is 343 g/mol. The second-order valence-corrected chi connectivity index (χ2v) is 7.10. The van der Waals surface area contributed by atoms with E-state index < -0.39 is 0 Å². The second kappa shape index (κ2) is 7.98. The molecule has 1 heterocycles. The molecule has 0 unspecified atom stereocenters. The van der Waals surface area contributed by atoms with Crippen LogP contribution >= 0.6 is 0 Å². The van der Waals surface area contributed by atoms with Crippen molar-refractivity contribution in [2.24, 2.45) is 5.41 Å². The number of nitrogens with one attached hydrogen (secondary N) is 2. The average Bonchev–Trinajstić information content (AvgIpc) is 3.06. The molecule has 0 bridgehead atoms. The first-order valence-corrected chi connectivity index (χ1v) is 8.15. The van der Waals surface area contributed by atoms with E-state index in [9.17, 15) is 9.59 Å². The number of carbonyl (C=O) groups is 2. The molecule has 1 aromatic heterocycles. The fraction of sp³-hybridized carbons (Fsp3) is 0.368. The number of anilines is 1. The molecule has 2 amide bonds. The summed E-state index contributed by atoms with van der Waals surface area (Å²) >= 11 is 0. The van der Waals surface area contributed by atoms with Crippen LogP contribution in [0.25, 0.3) is 0 Å². The zero-order valence-corrected chi connectivity index (χ0v) is 15.1. The highest BCUT2D eigenvalue weighted by atomic mass is 16.3. The van der Waals surface area contributed by atoms with Crippen molar-refractivity contribution in [1.29, 1.82) is 0 Å². The highest BCUT2D eigenvalue weighted by Gasteiger charge is 2.20. The number of benzene rings is 1. The Labute approximate surface area is 148 Å². The van der Waals surface area contributed by atoms with Gasteiger partial charge in [0.2, 0.25) is 0 Å². The van der Waals surface area contributed by atoms with E-state index in [0.717, 1.165) is 6.54 Å². The molecule has 0 saturated heterocycles. The third kappa shape index (κ3) is 5.76. The van der Waals surface area contributed by atoms with Crippen molar-refractivity contribution < 1.29 is 14.0 Å². The van der Waals surface area contributed by atoms with Gasteiger partial charge in [0.05, 0.1) is 6.26 Å². The van der Waals surface area contributed by atoms with Crippen LogP contribution in [0.1, 0.15) is 34.8 Å². The lowest BCUT2D eigenvalue weighted by Crippen LogP contribution is -2.39. The van der Waals surface area contributed by atoms with Crippen LogP contribution in [-0.2, 0) is 0 Å². The van der Waals surface area contributed by atoms with Crippen molar-refractivity contribution >= 4 is 17.5 Å². The summed E-state index contributed by atoms with van der Waals surface area (Å²) in [5.74, 6) is -0.295. The van der Waals surface area contributed by atoms with Crippen LogP contribution in [0, 0.1) is 5.41 Å². The Hall–Kier alpha value is -2.60. The minimum absolute atomic E-state index is 0.0374. The van der Waals surface area contributed by atoms with E-state index in [4.69, 9.17) is 4.42 Å². The maximum Gasteiger partial charge on any atom is 0.291 e. The summed E-state index contributed by atoms with van der Waals surface area (Å²) in [6.45, 7) is 5.64. The van der Waals surface area contributed by atoms with Crippen molar-refractivity contribution in [3.8, 4) is 0 Å². The van der Waals surface area contributed by atoms with Gasteiger partial charge < -0.3 is 20.0 Å². The minimum Gasteiger partial charge on any atom is -0.459 e. The van der Waals surface area contributed by atoms with Crippen molar-refractivity contribution in [2.45, 2.75) is 13.8 Å². The predicted octanol–water partition coefficient (Wildman–Crippen LogP) is 2.85. The van der Waals surface area contributed by atoms with E-state index >= 15 is 0 Å². The van der Waals surface area contributed by atoms with Crippen molar-refractivity contribution in [1.82, 2.24) is 10.2 Å². The van der Waals surface area contributed by atoms with Gasteiger partial charge in [-0.1, -0.05) is 19.9 Å². The zero-order valence-electron chi connectivity index (χ0n) is 15.1. The molecule has 0 atom stereocenters. The van der Waals surface area contributed by atoms with Gasteiger partial charge >= 0.3 is 0 Å². The Bertz CT molecular complexity index is 721. The van der Waals surface area contributed by atoms with Crippen LogP contribution in [0.3, 0.4) is 0 Å². The van der Waals surface area contributed by atoms with Crippen molar-refractivity contribution in [3.63, 3.8) is 0 Å². The third-order valence-corrected chi connectivity index (χ3v) is 3.60. The summed E-state index contributed by atoms with van der Waals surface area (Å²) < 4.78 is 5.06. The molecule has 6 heteroatoms. The van der Waals surface area contributed by atoms with E-state index in [0.29, 0.717) is 17.8 Å². The first-order chi connectivity index (χ1) is 11.8. The van der Waals surface area contributed by atoms with E-state index in [1.165, 1.54) is 6.26 Å². The molecular weight excluding hydrogens is 318 g/mol. The van der Waals surface area contributed by atoms with Gasteiger partial charge in [-0.3, -0.25) is 9.59 Å². The molecule has 134 valence electrons. The van der Waals surface area contributed by atoms with E-state index in [1.807, 2.05) is 14.1 Å². The Kier molecular flexibility index (Phi) is 5.98. The molecule has 0 spiro atoms. The SMILES string of the molecule is CN(C)CC(C)(C)CNC(=O)c1cccc(NC(=O)c2ccco2)c1. The Morgan fingerprint density at radius 3 is 2.52 bits per heavy atom. The largest absolute Gasteiger partial charge is 0.459 e. The van der Waals surface area contributed by atoms with Crippen LogP contribution in [0.4, 0.5) is 5.69 Å². The molecule has 25 heavy (non-hydrogen) atoms. The first-order valence-electron chi connectivity index (χ1n) is 8.15. The summed E-state index contributed by atoms with van der Waals surface area (Å²) in [6, 6.07) is 10.1. The van der Waals surface area contributed by atoms with Gasteiger partial charge in [-0.2, -0.15) is 0 Å². The lowest BCUT2D eigenvalue weighted by atomic mass is 9.93. The van der Waals surface area contributed by atoms with Crippen LogP contribution in [0.15, 0.2) is 47.1 Å². The number of rotatable bonds is 7. The van der Waals surface area contributed by atoms with Gasteiger partial charge in [0.25, 0.3) is 11.8 Å². The fourth-order valence-electron chi connectivity index (χ4n) is 2.67. The number of carbonyl (C=O) groups excluding carboxylic acids is 2. The van der Waals surface area contributed by atoms with Gasteiger partial charge in [-0.15, -0.1) is 0 Å². The summed E-state index contributed by atoms with van der Waals surface area (Å²) in [4.78, 5) is 26.5. The standard InChI is InChI=1S/C19H25N3O3/c1-19(2,13-22(3)4)12-20-17(23)14-7-5-8-15(11-14)21-18(24)16-9-6-10-25-16/h5-11H,12-13H2,1-4H3,(H,20,23)(H,21,24). The topological polar surface area (TPSA) is 74.6 Å². The second-order valence-electron chi connectivity index (χ2n) is 7.10. The molecular formula is C19H25N3O3. The quantitative estimate of drug-likeness (QED) is 0.811. The van der Waals surface area contributed by atoms with Gasteiger partial charge in [0.15, 0.2) is 5.76 Å². The first kappa shape index (κ1) is 18.7. The number of hydrogen-bond donors (Lipinski definition) is 2. The molecule has 2 N–H and O–H groups in total. The lowest BCUT2D eigenvalue weighted by molar-refractivity contribution is 0.0928. The third-order valence-electron chi connectivity index (χ3n) is 3.60. The molecule has 2 rings (SSSR count). The molecule has 0 radical (unpaired) electrons. The maximum absolute atomic E-state index is 12.4. The number of amides is 2. The molecule has 0 saturated carbocycles. The van der Waals surface area contributed by atoms with Gasteiger partial charge in [-0.05, 0) is 49.8 Å². The van der Waals surface area contributed by atoms with Crippen LogP contribution in [0.5, 0.6) is 0 Å². The van der Waals surface area contributed by atoms with Crippen LogP contribution in [-0.4, -0.2) is 43.9 Å². The van der Waals surface area contributed by atoms with E-state index in [-0.39, 0.29) is 23.0 Å². The van der Waals surface area contributed by atoms with Gasteiger partial charge in [0, 0.05) is 24.3 Å². The molecule has 6 nitrogen and oxygen atoms in total. The summed E-state index contributed by atoms with van der Waals surface area (Å²) in [5, 5.41) is 5.67. The molecule has 1 aromatic carbocycles. The van der Waals surface area contributed by atoms with Gasteiger partial charge in [-0.25, -0.2) is 0 Å². The highest BCUT2D eigenvalue weighted by molar-refractivity contribution is 6.03. The summed E-state index contributed by atoms with van der Waals surface area (Å²) in [6.07, 6.45) is 1.44. The maximum atomic E-state index is 12.4. The minimum atomic E-state index is -0.352. The Balaban J connectivity index is 1.98. The van der Waals surface area contributed by atoms with E-state index in [2.05, 4.69) is 29.4 Å². The summed E-state index contributed by atoms with van der Waals surface area (Å²) in [5.41, 5.74) is 1.00. The predicted molar refractivity (Wildman–Crippen MR) is 97.8 cm³/mol. The molecule has 0 aliphatic rings. The highest BCUT2D eigenvalue weighted by Crippen LogP contribution is 2.16. The number of furan rings is 1. The van der Waals surface area contributed by atoms with Gasteiger partial charge in [0.1, 0.15) is 0 Å². The number of nitrogens with zero attached hydrogens (tertiary/aromatic N) is 1. The molecule has 0 aliphatic heterocycles. The lowest BCUT2D eigenvalue weighted by Gasteiger charge is -2.28. The molecule has 0 aliphatic carbocycles. The fourth-order valence-corrected chi connectivity index (χ4v) is 2.67. The number of hydrogen-bond acceptors (Lipinski definition) is 4.